The van der Waals surface area contributed by atoms with Crippen molar-refractivity contribution in [2.45, 2.75) is 32.1 Å². The zero-order valence-electron chi connectivity index (χ0n) is 17.8. The lowest BCUT2D eigenvalue weighted by atomic mass is 10.1. The molecule has 1 amide bonds. The molecule has 0 radical (unpaired) electrons. The van der Waals surface area contributed by atoms with Gasteiger partial charge in [-0.25, -0.2) is 0 Å². The fourth-order valence-electron chi connectivity index (χ4n) is 3.21. The Hall–Kier alpha value is -3.37. The second kappa shape index (κ2) is 10.6. The number of hydrogen-bond acceptors (Lipinski definition) is 5. The second-order valence-electron chi connectivity index (χ2n) is 7.08. The summed E-state index contributed by atoms with van der Waals surface area (Å²) in [4.78, 5) is 14.6. The molecule has 7 heteroatoms. The van der Waals surface area contributed by atoms with Gasteiger partial charge in [0, 0.05) is 25.2 Å². The van der Waals surface area contributed by atoms with Crippen molar-refractivity contribution in [3.05, 3.63) is 77.9 Å². The van der Waals surface area contributed by atoms with Crippen LogP contribution in [0, 0.1) is 18.3 Å². The van der Waals surface area contributed by atoms with Gasteiger partial charge in [-0.2, -0.15) is 5.26 Å². The Morgan fingerprint density at radius 2 is 2.03 bits per heavy atom. The molecule has 3 rings (SSSR count). The Morgan fingerprint density at radius 3 is 2.68 bits per heavy atom. The number of aryl methyl sites for hydroxylation is 1. The maximum atomic E-state index is 12.9. The molecule has 0 unspecified atom stereocenters. The molecule has 0 bridgehead atoms. The Labute approximate surface area is 187 Å². The van der Waals surface area contributed by atoms with Crippen molar-refractivity contribution in [2.24, 2.45) is 0 Å². The summed E-state index contributed by atoms with van der Waals surface area (Å²) in [6.07, 6.45) is 1.72. The van der Waals surface area contributed by atoms with Gasteiger partial charge >= 0.3 is 0 Å². The largest absolute Gasteiger partial charge is 0.334 e. The Balaban J connectivity index is 1.70. The smallest absolute Gasteiger partial charge is 0.233 e. The van der Waals surface area contributed by atoms with E-state index in [2.05, 4.69) is 28.9 Å². The summed E-state index contributed by atoms with van der Waals surface area (Å²) in [5.74, 6) is 1.06. The molecule has 0 saturated heterocycles. The van der Waals surface area contributed by atoms with Crippen molar-refractivity contribution in [1.29, 1.82) is 5.26 Å². The molecule has 0 atom stereocenters. The minimum atomic E-state index is -0.00276. The zero-order chi connectivity index (χ0) is 22.2. The lowest BCUT2D eigenvalue weighted by Gasteiger charge is -2.21. The normalized spacial score (nSPS) is 10.5. The van der Waals surface area contributed by atoms with E-state index in [9.17, 15) is 4.79 Å². The molecule has 158 valence electrons. The molecule has 0 fully saturated rings. The van der Waals surface area contributed by atoms with Crippen LogP contribution in [0.3, 0.4) is 0 Å². The first-order valence-electron chi connectivity index (χ1n) is 10.1. The minimum Gasteiger partial charge on any atom is -0.334 e. The number of nitriles is 1. The van der Waals surface area contributed by atoms with Crippen LogP contribution in [0.4, 0.5) is 0 Å². The van der Waals surface area contributed by atoms with Gasteiger partial charge in [0.1, 0.15) is 0 Å². The van der Waals surface area contributed by atoms with E-state index >= 15 is 0 Å². The van der Waals surface area contributed by atoms with E-state index in [0.29, 0.717) is 25.2 Å². The molecular weight excluding hydrogens is 406 g/mol. The Morgan fingerprint density at radius 1 is 1.26 bits per heavy atom. The highest BCUT2D eigenvalue weighted by Gasteiger charge is 2.18. The average Bonchev–Trinajstić information content (AvgIpc) is 3.20. The average molecular weight is 432 g/mol. The predicted octanol–water partition coefficient (Wildman–Crippen LogP) is 4.45. The molecule has 6 nitrogen and oxygen atoms in total. The van der Waals surface area contributed by atoms with Gasteiger partial charge < -0.3 is 9.47 Å². The Bertz CT molecular complexity index is 1100. The summed E-state index contributed by atoms with van der Waals surface area (Å²) in [6, 6.07) is 17.5. The fraction of sp³-hybridized carbons (Fsp3) is 0.250. The topological polar surface area (TPSA) is 74.8 Å². The van der Waals surface area contributed by atoms with Gasteiger partial charge in [0.15, 0.2) is 11.0 Å². The van der Waals surface area contributed by atoms with Crippen LogP contribution in [0.1, 0.15) is 23.6 Å². The molecule has 0 aliphatic heterocycles. The van der Waals surface area contributed by atoms with Crippen molar-refractivity contribution >= 4 is 17.7 Å². The highest BCUT2D eigenvalue weighted by Crippen LogP contribution is 2.25. The van der Waals surface area contributed by atoms with E-state index in [1.54, 1.807) is 23.1 Å². The molecule has 0 aliphatic rings. The molecule has 0 spiro atoms. The quantitative estimate of drug-likeness (QED) is 0.370. The third-order valence-electron chi connectivity index (χ3n) is 4.79. The number of amides is 1. The SMILES string of the molecule is C=CCN(Cc1ccc(C#N)cc1)C(=O)CSc1nnc(-c2cccc(C)c2)n1CC. The van der Waals surface area contributed by atoms with E-state index in [0.717, 1.165) is 27.7 Å². The summed E-state index contributed by atoms with van der Waals surface area (Å²) < 4.78 is 2.03. The van der Waals surface area contributed by atoms with Crippen LogP contribution < -0.4 is 0 Å². The summed E-state index contributed by atoms with van der Waals surface area (Å²) in [5.41, 5.74) is 3.75. The summed E-state index contributed by atoms with van der Waals surface area (Å²) in [7, 11) is 0. The summed E-state index contributed by atoms with van der Waals surface area (Å²) in [6.45, 7) is 9.50. The molecular formula is C24H25N5OS. The van der Waals surface area contributed by atoms with E-state index in [-0.39, 0.29) is 11.7 Å². The predicted molar refractivity (Wildman–Crippen MR) is 123 cm³/mol. The maximum Gasteiger partial charge on any atom is 0.233 e. The van der Waals surface area contributed by atoms with Crippen molar-refractivity contribution in [2.75, 3.05) is 12.3 Å². The van der Waals surface area contributed by atoms with E-state index in [1.807, 2.05) is 48.7 Å². The van der Waals surface area contributed by atoms with Gasteiger partial charge in [-0.15, -0.1) is 16.8 Å². The highest BCUT2D eigenvalue weighted by atomic mass is 32.2. The first-order valence-corrected chi connectivity index (χ1v) is 11.0. The van der Waals surface area contributed by atoms with Crippen LogP contribution in [-0.2, 0) is 17.9 Å². The third kappa shape index (κ3) is 5.62. The summed E-state index contributed by atoms with van der Waals surface area (Å²) >= 11 is 1.39. The zero-order valence-corrected chi connectivity index (χ0v) is 18.6. The van der Waals surface area contributed by atoms with E-state index in [1.165, 1.54) is 11.8 Å². The molecule has 0 N–H and O–H groups in total. The van der Waals surface area contributed by atoms with Crippen molar-refractivity contribution in [3.63, 3.8) is 0 Å². The van der Waals surface area contributed by atoms with Crippen molar-refractivity contribution in [3.8, 4) is 17.5 Å². The van der Waals surface area contributed by atoms with Crippen LogP contribution in [0.2, 0.25) is 0 Å². The van der Waals surface area contributed by atoms with E-state index < -0.39 is 0 Å². The van der Waals surface area contributed by atoms with E-state index in [4.69, 9.17) is 5.26 Å². The lowest BCUT2D eigenvalue weighted by Crippen LogP contribution is -2.32. The molecule has 0 aliphatic carbocycles. The van der Waals surface area contributed by atoms with Crippen LogP contribution in [0.5, 0.6) is 0 Å². The number of nitrogens with zero attached hydrogens (tertiary/aromatic N) is 5. The fourth-order valence-corrected chi connectivity index (χ4v) is 4.12. The van der Waals surface area contributed by atoms with Gasteiger partial charge in [0.05, 0.1) is 17.4 Å². The molecule has 31 heavy (non-hydrogen) atoms. The number of rotatable bonds is 9. The molecule has 3 aromatic rings. The van der Waals surface area contributed by atoms with Gasteiger partial charge in [-0.3, -0.25) is 4.79 Å². The Kier molecular flexibility index (Phi) is 7.63. The number of thioether (sulfide) groups is 1. The van der Waals surface area contributed by atoms with Crippen LogP contribution in [0.25, 0.3) is 11.4 Å². The molecule has 0 saturated carbocycles. The number of aromatic nitrogens is 3. The van der Waals surface area contributed by atoms with Gasteiger partial charge in [0.2, 0.25) is 5.91 Å². The first-order chi connectivity index (χ1) is 15.0. The molecule has 1 heterocycles. The third-order valence-corrected chi connectivity index (χ3v) is 5.74. The maximum absolute atomic E-state index is 12.9. The number of hydrogen-bond donors (Lipinski definition) is 0. The number of carbonyl (C=O) groups excluding carboxylic acids is 1. The molecule has 1 aromatic heterocycles. The standard InChI is InChI=1S/C24H25N5OS/c1-4-13-28(16-20-11-9-19(15-25)10-12-20)22(30)17-31-24-27-26-23(29(24)5-2)21-8-6-7-18(3)14-21/h4,6-12,14H,1,5,13,16-17H2,2-3H3. The first kappa shape index (κ1) is 22.3. The second-order valence-corrected chi connectivity index (χ2v) is 8.02. The monoisotopic (exact) mass is 431 g/mol. The minimum absolute atomic E-state index is 0.00276. The van der Waals surface area contributed by atoms with Gasteiger partial charge in [-0.05, 0) is 37.6 Å². The number of carbonyl (C=O) groups is 1. The molecule has 2 aromatic carbocycles. The van der Waals surface area contributed by atoms with Gasteiger partial charge in [-0.1, -0.05) is 53.7 Å². The van der Waals surface area contributed by atoms with Crippen LogP contribution >= 0.6 is 11.8 Å². The van der Waals surface area contributed by atoms with Crippen molar-refractivity contribution < 1.29 is 4.79 Å². The number of benzene rings is 2. The highest BCUT2D eigenvalue weighted by molar-refractivity contribution is 7.99. The summed E-state index contributed by atoms with van der Waals surface area (Å²) in [5, 5.41) is 18.4. The van der Waals surface area contributed by atoms with Crippen LogP contribution in [0.15, 0.2) is 66.3 Å². The lowest BCUT2D eigenvalue weighted by molar-refractivity contribution is -0.128. The van der Waals surface area contributed by atoms with Crippen LogP contribution in [-0.4, -0.2) is 37.9 Å². The van der Waals surface area contributed by atoms with Gasteiger partial charge in [0.25, 0.3) is 0 Å². The van der Waals surface area contributed by atoms with Crippen molar-refractivity contribution in [1.82, 2.24) is 19.7 Å².